The molecule has 0 saturated heterocycles. The largest absolute Gasteiger partial charge is 0.508 e. The first kappa shape index (κ1) is 15.4. The van der Waals surface area contributed by atoms with Crippen LogP contribution in [0.25, 0.3) is 10.8 Å². The minimum absolute atomic E-state index is 0.0432. The maximum absolute atomic E-state index is 12.0. The van der Waals surface area contributed by atoms with E-state index in [1.54, 1.807) is 12.1 Å². The molecule has 24 heavy (non-hydrogen) atoms. The summed E-state index contributed by atoms with van der Waals surface area (Å²) in [5.74, 6) is -1.01. The molecule has 0 aromatic heterocycles. The monoisotopic (exact) mass is 322 g/mol. The van der Waals surface area contributed by atoms with Crippen LogP contribution in [0.3, 0.4) is 0 Å². The van der Waals surface area contributed by atoms with Gasteiger partial charge in [0, 0.05) is 17.2 Å². The topological polar surface area (TPSA) is 102 Å². The van der Waals surface area contributed by atoms with Crippen LogP contribution in [0.2, 0.25) is 0 Å². The predicted octanol–water partition coefficient (Wildman–Crippen LogP) is 2.72. The van der Waals surface area contributed by atoms with E-state index in [2.05, 4.69) is 10.5 Å². The van der Waals surface area contributed by atoms with Crippen LogP contribution in [0.5, 0.6) is 17.2 Å². The summed E-state index contributed by atoms with van der Waals surface area (Å²) in [5, 5.41) is 34.3. The highest BCUT2D eigenvalue weighted by molar-refractivity contribution is 6.03. The zero-order chi connectivity index (χ0) is 17.1. The van der Waals surface area contributed by atoms with Gasteiger partial charge in [-0.05, 0) is 29.0 Å². The maximum Gasteiger partial charge on any atom is 0.271 e. The summed E-state index contributed by atoms with van der Waals surface area (Å²) in [5.41, 5.74) is 2.83. The molecule has 4 N–H and O–H groups in total. The van der Waals surface area contributed by atoms with Crippen molar-refractivity contribution in [2.45, 2.75) is 0 Å². The van der Waals surface area contributed by atoms with Gasteiger partial charge in [-0.1, -0.05) is 30.3 Å². The van der Waals surface area contributed by atoms with E-state index in [0.29, 0.717) is 5.56 Å². The van der Waals surface area contributed by atoms with Crippen molar-refractivity contribution in [3.05, 3.63) is 65.7 Å². The molecule has 0 fully saturated rings. The number of nitrogens with one attached hydrogen (secondary N) is 1. The number of carbonyl (C=O) groups is 1. The van der Waals surface area contributed by atoms with E-state index >= 15 is 0 Å². The van der Waals surface area contributed by atoms with Gasteiger partial charge < -0.3 is 15.3 Å². The van der Waals surface area contributed by atoms with E-state index in [9.17, 15) is 20.1 Å². The van der Waals surface area contributed by atoms with Gasteiger partial charge >= 0.3 is 0 Å². The fourth-order valence-electron chi connectivity index (χ4n) is 2.37. The number of fused-ring (bicyclic) bond motifs is 1. The number of hydrogen-bond acceptors (Lipinski definition) is 5. The molecule has 0 radical (unpaired) electrons. The summed E-state index contributed by atoms with van der Waals surface area (Å²) in [4.78, 5) is 12.0. The molecule has 0 aliphatic heterocycles. The Bertz CT molecular complexity index is 931. The molecule has 6 heteroatoms. The van der Waals surface area contributed by atoms with Crippen LogP contribution in [-0.4, -0.2) is 27.4 Å². The van der Waals surface area contributed by atoms with Crippen molar-refractivity contribution in [3.63, 3.8) is 0 Å². The molecular formula is C18H14N2O4. The minimum Gasteiger partial charge on any atom is -0.508 e. The van der Waals surface area contributed by atoms with Crippen molar-refractivity contribution in [2.75, 3.05) is 0 Å². The third-order valence-electron chi connectivity index (χ3n) is 3.47. The van der Waals surface area contributed by atoms with Gasteiger partial charge in [-0.15, -0.1) is 0 Å². The Labute approximate surface area is 137 Å². The van der Waals surface area contributed by atoms with E-state index in [1.807, 2.05) is 24.3 Å². The number of rotatable bonds is 3. The summed E-state index contributed by atoms with van der Waals surface area (Å²) < 4.78 is 0. The van der Waals surface area contributed by atoms with Gasteiger partial charge in [0.1, 0.15) is 17.2 Å². The van der Waals surface area contributed by atoms with Gasteiger partial charge in [-0.3, -0.25) is 4.79 Å². The molecule has 3 aromatic rings. The standard InChI is InChI=1S/C18H14N2O4/c21-13-7-12(8-14(22)9-13)18(24)20-19-10-16-15-4-2-1-3-11(15)5-6-17(16)23/h1-10,21-23H,(H,20,24)/b19-10-. The van der Waals surface area contributed by atoms with Gasteiger partial charge in [0.25, 0.3) is 5.91 Å². The first-order valence-electron chi connectivity index (χ1n) is 7.12. The van der Waals surface area contributed by atoms with Crippen LogP contribution in [0, 0.1) is 0 Å². The number of phenolic OH excluding ortho intramolecular Hbond substituents is 3. The van der Waals surface area contributed by atoms with Crippen LogP contribution >= 0.6 is 0 Å². The molecular weight excluding hydrogens is 308 g/mol. The number of benzene rings is 3. The highest BCUT2D eigenvalue weighted by Gasteiger charge is 2.08. The Morgan fingerprint density at radius 3 is 2.42 bits per heavy atom. The summed E-state index contributed by atoms with van der Waals surface area (Å²) >= 11 is 0. The lowest BCUT2D eigenvalue weighted by molar-refractivity contribution is 0.0954. The van der Waals surface area contributed by atoms with Crippen molar-refractivity contribution >= 4 is 22.9 Å². The van der Waals surface area contributed by atoms with Crippen molar-refractivity contribution in [3.8, 4) is 17.2 Å². The van der Waals surface area contributed by atoms with Gasteiger partial charge in [0.05, 0.1) is 6.21 Å². The van der Waals surface area contributed by atoms with E-state index < -0.39 is 5.91 Å². The fourth-order valence-corrected chi connectivity index (χ4v) is 2.37. The summed E-state index contributed by atoms with van der Waals surface area (Å²) in [6.07, 6.45) is 1.35. The zero-order valence-corrected chi connectivity index (χ0v) is 12.5. The SMILES string of the molecule is O=C(N/N=C\c1c(O)ccc2ccccc12)c1cc(O)cc(O)c1. The van der Waals surface area contributed by atoms with Gasteiger partial charge in [-0.25, -0.2) is 5.43 Å². The van der Waals surface area contributed by atoms with Gasteiger partial charge in [0.2, 0.25) is 0 Å². The predicted molar refractivity (Wildman–Crippen MR) is 90.4 cm³/mol. The number of hydrazone groups is 1. The van der Waals surface area contributed by atoms with Crippen LogP contribution in [-0.2, 0) is 0 Å². The smallest absolute Gasteiger partial charge is 0.271 e. The number of aromatic hydroxyl groups is 3. The highest BCUT2D eigenvalue weighted by atomic mass is 16.3. The zero-order valence-electron chi connectivity index (χ0n) is 12.5. The Balaban J connectivity index is 1.84. The molecule has 0 bridgehead atoms. The number of nitrogens with zero attached hydrogens (tertiary/aromatic N) is 1. The summed E-state index contributed by atoms with van der Waals surface area (Å²) in [7, 11) is 0. The Hall–Kier alpha value is -3.54. The van der Waals surface area contributed by atoms with Crippen molar-refractivity contribution in [1.29, 1.82) is 0 Å². The van der Waals surface area contributed by atoms with Crippen molar-refractivity contribution in [1.82, 2.24) is 5.43 Å². The molecule has 120 valence electrons. The van der Waals surface area contributed by atoms with Crippen molar-refractivity contribution < 1.29 is 20.1 Å². The van der Waals surface area contributed by atoms with E-state index in [-0.39, 0.29) is 22.8 Å². The molecule has 0 heterocycles. The third-order valence-corrected chi connectivity index (χ3v) is 3.47. The second-order valence-corrected chi connectivity index (χ2v) is 5.16. The summed E-state index contributed by atoms with van der Waals surface area (Å²) in [6.45, 7) is 0. The average molecular weight is 322 g/mol. The minimum atomic E-state index is -0.600. The normalized spacial score (nSPS) is 11.0. The molecule has 0 saturated carbocycles. The molecule has 0 atom stereocenters. The Morgan fingerprint density at radius 2 is 1.67 bits per heavy atom. The molecule has 0 unspecified atom stereocenters. The number of hydrogen-bond donors (Lipinski definition) is 4. The van der Waals surface area contributed by atoms with Crippen LogP contribution in [0.15, 0.2) is 59.7 Å². The molecule has 0 aliphatic carbocycles. The molecule has 6 nitrogen and oxygen atoms in total. The molecule has 0 aliphatic rings. The second-order valence-electron chi connectivity index (χ2n) is 5.16. The summed E-state index contributed by atoms with van der Waals surface area (Å²) in [6, 6.07) is 14.3. The first-order valence-corrected chi connectivity index (χ1v) is 7.12. The van der Waals surface area contributed by atoms with Crippen LogP contribution < -0.4 is 5.43 Å². The molecule has 3 aromatic carbocycles. The quantitative estimate of drug-likeness (QED) is 0.440. The van der Waals surface area contributed by atoms with E-state index in [1.165, 1.54) is 18.3 Å². The van der Waals surface area contributed by atoms with Crippen LogP contribution in [0.1, 0.15) is 15.9 Å². The highest BCUT2D eigenvalue weighted by Crippen LogP contribution is 2.25. The van der Waals surface area contributed by atoms with Gasteiger partial charge in [-0.2, -0.15) is 5.10 Å². The van der Waals surface area contributed by atoms with Crippen molar-refractivity contribution in [2.24, 2.45) is 5.10 Å². The number of carbonyl (C=O) groups excluding carboxylic acids is 1. The molecule has 1 amide bonds. The van der Waals surface area contributed by atoms with E-state index in [4.69, 9.17) is 0 Å². The average Bonchev–Trinajstić information content (AvgIpc) is 2.56. The number of amides is 1. The van der Waals surface area contributed by atoms with Crippen LogP contribution in [0.4, 0.5) is 0 Å². The lowest BCUT2D eigenvalue weighted by atomic mass is 10.0. The molecule has 0 spiro atoms. The van der Waals surface area contributed by atoms with E-state index in [0.717, 1.165) is 16.8 Å². The fraction of sp³-hybridized carbons (Fsp3) is 0. The third kappa shape index (κ3) is 3.12. The Kier molecular flexibility index (Phi) is 4.03. The first-order chi connectivity index (χ1) is 11.5. The van der Waals surface area contributed by atoms with Gasteiger partial charge in [0.15, 0.2) is 0 Å². The Morgan fingerprint density at radius 1 is 0.958 bits per heavy atom. The number of phenols is 3. The maximum atomic E-state index is 12.0. The second kappa shape index (κ2) is 6.29. The lowest BCUT2D eigenvalue weighted by Crippen LogP contribution is -2.17. The lowest BCUT2D eigenvalue weighted by Gasteiger charge is -2.05. The molecule has 3 rings (SSSR count).